The molecule has 0 saturated carbocycles. The molecule has 0 aromatic heterocycles. The van der Waals surface area contributed by atoms with Gasteiger partial charge in [-0.1, -0.05) is 30.3 Å². The second-order valence-corrected chi connectivity index (χ2v) is 9.57. The molecule has 0 spiro atoms. The monoisotopic (exact) mass is 538 g/mol. The van der Waals surface area contributed by atoms with Crippen LogP contribution in [0.2, 0.25) is 0 Å². The zero-order chi connectivity index (χ0) is 20.3. The molecule has 5 saturated heterocycles. The van der Waals surface area contributed by atoms with Crippen molar-refractivity contribution >= 4 is 29.9 Å². The first kappa shape index (κ1) is 23.3. The van der Waals surface area contributed by atoms with Crippen molar-refractivity contribution in [2.45, 2.75) is 63.3 Å². The van der Waals surface area contributed by atoms with E-state index in [1.165, 1.54) is 64.0 Å². The van der Waals surface area contributed by atoms with Gasteiger partial charge in [0.2, 0.25) is 0 Å². The summed E-state index contributed by atoms with van der Waals surface area (Å²) in [6.07, 6.45) is 5.15. The number of hydrogen-bond donors (Lipinski definition) is 2. The van der Waals surface area contributed by atoms with Gasteiger partial charge in [0.15, 0.2) is 5.96 Å². The molecule has 0 amide bonds. The second-order valence-electron chi connectivity index (χ2n) is 9.57. The molecule has 3 unspecified atom stereocenters. The summed E-state index contributed by atoms with van der Waals surface area (Å²) >= 11 is 0. The Labute approximate surface area is 204 Å². The molecule has 3 atom stereocenters. The third-order valence-corrected chi connectivity index (χ3v) is 7.63. The summed E-state index contributed by atoms with van der Waals surface area (Å²) in [5.41, 5.74) is 1.45. The highest BCUT2D eigenvalue weighted by atomic mass is 127. The van der Waals surface area contributed by atoms with E-state index < -0.39 is 0 Å². The van der Waals surface area contributed by atoms with E-state index in [2.05, 4.69) is 62.6 Å². The lowest BCUT2D eigenvalue weighted by atomic mass is 9.96. The lowest BCUT2D eigenvalue weighted by Gasteiger charge is -2.47. The molecule has 0 aliphatic carbocycles. The maximum atomic E-state index is 5.02. The third kappa shape index (κ3) is 5.54. The van der Waals surface area contributed by atoms with E-state index in [-0.39, 0.29) is 24.0 Å². The van der Waals surface area contributed by atoms with Crippen molar-refractivity contribution in [3.8, 4) is 0 Å². The van der Waals surface area contributed by atoms with Crippen molar-refractivity contribution in [2.75, 3.05) is 45.8 Å². The number of piperidine rings is 1. The van der Waals surface area contributed by atoms with Crippen LogP contribution >= 0.6 is 24.0 Å². The minimum Gasteiger partial charge on any atom is -0.357 e. The van der Waals surface area contributed by atoms with Crippen LogP contribution in [0, 0.1) is 0 Å². The quantitative estimate of drug-likeness (QED) is 0.331. The number of rotatable bonds is 6. The highest BCUT2D eigenvalue weighted by Gasteiger charge is 2.40. The molecular formula is C24H39IN6. The van der Waals surface area contributed by atoms with Crippen LogP contribution in [0.4, 0.5) is 0 Å². The first-order chi connectivity index (χ1) is 14.8. The van der Waals surface area contributed by atoms with Gasteiger partial charge in [-0.05, 0) is 38.2 Å². The highest BCUT2D eigenvalue weighted by Crippen LogP contribution is 2.36. The zero-order valence-electron chi connectivity index (χ0n) is 18.9. The van der Waals surface area contributed by atoms with Gasteiger partial charge < -0.3 is 10.6 Å². The number of benzene rings is 1. The molecule has 31 heavy (non-hydrogen) atoms. The molecule has 4 bridgehead atoms. The van der Waals surface area contributed by atoms with Gasteiger partial charge in [0.05, 0.1) is 6.54 Å². The molecule has 5 aliphatic rings. The Kier molecular flexibility index (Phi) is 8.11. The Morgan fingerprint density at radius 1 is 1.03 bits per heavy atom. The molecule has 5 fully saturated rings. The van der Waals surface area contributed by atoms with Crippen molar-refractivity contribution in [1.29, 1.82) is 0 Å². The first-order valence-corrected chi connectivity index (χ1v) is 12.1. The minimum atomic E-state index is 0. The van der Waals surface area contributed by atoms with Gasteiger partial charge in [0.1, 0.15) is 0 Å². The minimum absolute atomic E-state index is 0. The summed E-state index contributed by atoms with van der Waals surface area (Å²) in [4.78, 5) is 13.0. The van der Waals surface area contributed by atoms with Crippen LogP contribution in [-0.4, -0.2) is 90.6 Å². The van der Waals surface area contributed by atoms with Gasteiger partial charge in [-0.2, -0.15) is 0 Å². The normalized spacial score (nSPS) is 34.9. The summed E-state index contributed by atoms with van der Waals surface area (Å²) in [7, 11) is 0. The number of aliphatic imine (C=N–C) groups is 1. The van der Waals surface area contributed by atoms with Crippen LogP contribution in [0.3, 0.4) is 0 Å². The number of piperazine rings is 3. The van der Waals surface area contributed by atoms with E-state index in [0.29, 0.717) is 24.2 Å². The number of halogens is 1. The predicted octanol–water partition coefficient (Wildman–Crippen LogP) is 2.35. The summed E-state index contributed by atoms with van der Waals surface area (Å²) < 4.78 is 0. The molecular weight excluding hydrogens is 499 g/mol. The predicted molar refractivity (Wildman–Crippen MR) is 138 cm³/mol. The summed E-state index contributed by atoms with van der Waals surface area (Å²) in [6, 6.07) is 13.5. The third-order valence-electron chi connectivity index (χ3n) is 7.63. The van der Waals surface area contributed by atoms with E-state index in [1.54, 1.807) is 0 Å². The van der Waals surface area contributed by atoms with Gasteiger partial charge in [-0.25, -0.2) is 0 Å². The Morgan fingerprint density at radius 2 is 1.74 bits per heavy atom. The summed E-state index contributed by atoms with van der Waals surface area (Å²) in [6.45, 7) is 11.2. The van der Waals surface area contributed by atoms with Gasteiger partial charge in [-0.3, -0.25) is 19.7 Å². The fourth-order valence-corrected chi connectivity index (χ4v) is 6.05. The topological polar surface area (TPSA) is 46.1 Å². The molecule has 172 valence electrons. The van der Waals surface area contributed by atoms with Crippen molar-refractivity contribution < 1.29 is 0 Å². The average molecular weight is 539 g/mol. The molecule has 2 N–H and O–H groups in total. The van der Waals surface area contributed by atoms with E-state index in [0.717, 1.165) is 25.6 Å². The van der Waals surface area contributed by atoms with Gasteiger partial charge in [0, 0.05) is 70.0 Å². The van der Waals surface area contributed by atoms with Gasteiger partial charge in [0.25, 0.3) is 0 Å². The maximum absolute atomic E-state index is 5.02. The van der Waals surface area contributed by atoms with Crippen molar-refractivity contribution in [3.05, 3.63) is 35.9 Å². The van der Waals surface area contributed by atoms with Gasteiger partial charge >= 0.3 is 0 Å². The van der Waals surface area contributed by atoms with Crippen LogP contribution in [0.25, 0.3) is 0 Å². The zero-order valence-corrected chi connectivity index (χ0v) is 21.2. The molecule has 7 heteroatoms. The van der Waals surface area contributed by atoms with E-state index in [1.807, 2.05) is 0 Å². The molecule has 6 rings (SSSR count). The largest absolute Gasteiger partial charge is 0.357 e. The fourth-order valence-electron chi connectivity index (χ4n) is 6.05. The Morgan fingerprint density at radius 3 is 2.35 bits per heavy atom. The lowest BCUT2D eigenvalue weighted by molar-refractivity contribution is 0.0174. The van der Waals surface area contributed by atoms with E-state index in [4.69, 9.17) is 4.99 Å². The Hall–Kier alpha value is -0.900. The summed E-state index contributed by atoms with van der Waals surface area (Å²) in [5, 5.41) is 7.31. The average Bonchev–Trinajstić information content (AvgIpc) is 3.01. The second kappa shape index (κ2) is 10.8. The summed E-state index contributed by atoms with van der Waals surface area (Å²) in [5.74, 6) is 1.02. The van der Waals surface area contributed by atoms with Crippen LogP contribution in [0.5, 0.6) is 0 Å². The molecule has 6 nitrogen and oxygen atoms in total. The Balaban J connectivity index is 0.00000231. The maximum Gasteiger partial charge on any atom is 0.191 e. The molecule has 0 radical (unpaired) electrons. The van der Waals surface area contributed by atoms with E-state index >= 15 is 0 Å². The SMILES string of the molecule is CCNC(=NCC1CN2CCN1CC2)NC1CC2CCC(C1)N2Cc1ccccc1.I. The van der Waals surface area contributed by atoms with Crippen LogP contribution in [-0.2, 0) is 6.54 Å². The lowest BCUT2D eigenvalue weighted by Crippen LogP contribution is -2.62. The smallest absolute Gasteiger partial charge is 0.191 e. The number of hydrogen-bond acceptors (Lipinski definition) is 4. The number of nitrogens with zero attached hydrogens (tertiary/aromatic N) is 4. The molecule has 5 aliphatic heterocycles. The van der Waals surface area contributed by atoms with Crippen LogP contribution < -0.4 is 10.6 Å². The van der Waals surface area contributed by atoms with Crippen molar-refractivity contribution in [3.63, 3.8) is 0 Å². The van der Waals surface area contributed by atoms with Crippen molar-refractivity contribution in [1.82, 2.24) is 25.3 Å². The number of fused-ring (bicyclic) bond motifs is 5. The van der Waals surface area contributed by atoms with Crippen LogP contribution in [0.15, 0.2) is 35.3 Å². The number of guanidine groups is 1. The molecule has 1 aromatic carbocycles. The fraction of sp³-hybridized carbons (Fsp3) is 0.708. The molecule has 1 aromatic rings. The highest BCUT2D eigenvalue weighted by molar-refractivity contribution is 14.0. The number of nitrogens with one attached hydrogen (secondary N) is 2. The van der Waals surface area contributed by atoms with Crippen molar-refractivity contribution in [2.24, 2.45) is 4.99 Å². The van der Waals surface area contributed by atoms with Gasteiger partial charge in [-0.15, -0.1) is 24.0 Å². The Bertz CT molecular complexity index is 706. The first-order valence-electron chi connectivity index (χ1n) is 12.1. The molecule has 5 heterocycles. The standard InChI is InChI=1S/C24H38N6.HI/c1-2-25-24(26-16-23-18-28-10-12-29(23)13-11-28)27-20-14-21-8-9-22(15-20)30(21)17-19-6-4-3-5-7-19;/h3-7,20-23H,2,8-18H2,1H3,(H2,25,26,27);1H. The van der Waals surface area contributed by atoms with Crippen LogP contribution in [0.1, 0.15) is 38.2 Å². The van der Waals surface area contributed by atoms with E-state index in [9.17, 15) is 0 Å².